The van der Waals surface area contributed by atoms with E-state index in [4.69, 9.17) is 0 Å². The minimum absolute atomic E-state index is 0.0747. The van der Waals surface area contributed by atoms with Gasteiger partial charge in [0.1, 0.15) is 0 Å². The average molecular weight is 479 g/mol. The van der Waals surface area contributed by atoms with Crippen molar-refractivity contribution in [2.75, 3.05) is 52.4 Å². The van der Waals surface area contributed by atoms with Crippen LogP contribution in [0.1, 0.15) is 34.6 Å². The number of carbonyl (C=O) groups is 2. The van der Waals surface area contributed by atoms with Crippen molar-refractivity contribution < 1.29 is 18.0 Å². The third-order valence-corrected chi connectivity index (χ3v) is 8.35. The van der Waals surface area contributed by atoms with Gasteiger partial charge in [-0.3, -0.25) is 14.5 Å². The summed E-state index contributed by atoms with van der Waals surface area (Å²) in [6, 6.07) is 7.89. The number of nitrogens with zero attached hydrogens (tertiary/aromatic N) is 3. The van der Waals surface area contributed by atoms with Crippen molar-refractivity contribution >= 4 is 33.2 Å². The Morgan fingerprint density at radius 3 is 2.22 bits per heavy atom. The van der Waals surface area contributed by atoms with Gasteiger partial charge in [-0.25, -0.2) is 8.42 Å². The normalized spacial score (nSPS) is 15.2. The van der Waals surface area contributed by atoms with Crippen LogP contribution < -0.4 is 5.32 Å². The second kappa shape index (κ2) is 11.0. The zero-order valence-electron chi connectivity index (χ0n) is 18.5. The number of hydrogen-bond acceptors (Lipinski definition) is 6. The van der Waals surface area contributed by atoms with Gasteiger partial charge in [-0.05, 0) is 35.7 Å². The Bertz CT molecular complexity index is 995. The maximum absolute atomic E-state index is 12.6. The summed E-state index contributed by atoms with van der Waals surface area (Å²) in [5.41, 5.74) is 1.17. The quantitative estimate of drug-likeness (QED) is 0.595. The van der Waals surface area contributed by atoms with Crippen LogP contribution in [0.25, 0.3) is 0 Å². The second-order valence-electron chi connectivity index (χ2n) is 7.52. The average Bonchev–Trinajstić information content (AvgIpc) is 3.35. The smallest absolute Gasteiger partial charge is 0.254 e. The van der Waals surface area contributed by atoms with E-state index in [1.54, 1.807) is 26.0 Å². The van der Waals surface area contributed by atoms with E-state index in [1.165, 1.54) is 27.8 Å². The number of carbonyl (C=O) groups excluding carboxylic acids is 2. The first kappa shape index (κ1) is 24.4. The van der Waals surface area contributed by atoms with Crippen LogP contribution in [0.4, 0.5) is 0 Å². The molecule has 1 N–H and O–H groups in total. The number of benzene rings is 1. The Balaban J connectivity index is 1.44. The van der Waals surface area contributed by atoms with Crippen LogP contribution >= 0.6 is 11.3 Å². The lowest BCUT2D eigenvalue weighted by Crippen LogP contribution is -2.50. The van der Waals surface area contributed by atoms with Crippen molar-refractivity contribution in [1.29, 1.82) is 0 Å². The van der Waals surface area contributed by atoms with Crippen molar-refractivity contribution in [3.8, 4) is 0 Å². The van der Waals surface area contributed by atoms with Gasteiger partial charge < -0.3 is 10.2 Å². The standard InChI is InChI=1S/C22H30N4O4S2/c1-3-26(4-2)32(29,30)20-7-5-18(6-8-20)21(27)23-10-11-24-12-14-25(15-13-24)22(28)19-9-16-31-17-19/h5-9,16-17H,3-4,10-15H2,1-2H3,(H,23,27). The molecule has 1 aliphatic rings. The van der Waals surface area contributed by atoms with Gasteiger partial charge >= 0.3 is 0 Å². The van der Waals surface area contributed by atoms with Gasteiger partial charge in [-0.2, -0.15) is 15.6 Å². The van der Waals surface area contributed by atoms with Gasteiger partial charge in [0.15, 0.2) is 0 Å². The number of thiophene rings is 1. The molecular formula is C22H30N4O4S2. The Morgan fingerprint density at radius 2 is 1.66 bits per heavy atom. The van der Waals surface area contributed by atoms with E-state index in [1.807, 2.05) is 21.7 Å². The van der Waals surface area contributed by atoms with Gasteiger partial charge in [0, 0.05) is 63.3 Å². The molecule has 2 amide bonds. The van der Waals surface area contributed by atoms with Crippen LogP contribution in [0.3, 0.4) is 0 Å². The Kier molecular flexibility index (Phi) is 8.41. The molecule has 0 atom stereocenters. The number of hydrogen-bond donors (Lipinski definition) is 1. The van der Waals surface area contributed by atoms with E-state index in [-0.39, 0.29) is 16.7 Å². The van der Waals surface area contributed by atoms with Gasteiger partial charge in [0.05, 0.1) is 10.5 Å². The molecule has 32 heavy (non-hydrogen) atoms. The molecule has 0 spiro atoms. The fraction of sp³-hybridized carbons (Fsp3) is 0.455. The first-order valence-corrected chi connectivity index (χ1v) is 13.2. The summed E-state index contributed by atoms with van der Waals surface area (Å²) < 4.78 is 26.5. The molecule has 3 rings (SSSR count). The molecule has 174 valence electrons. The minimum atomic E-state index is -3.53. The van der Waals surface area contributed by atoms with Gasteiger partial charge in [0.25, 0.3) is 11.8 Å². The van der Waals surface area contributed by atoms with Crippen LogP contribution in [0.2, 0.25) is 0 Å². The molecule has 1 fully saturated rings. The summed E-state index contributed by atoms with van der Waals surface area (Å²) in [5.74, 6) is -0.159. The van der Waals surface area contributed by atoms with Crippen molar-refractivity contribution in [3.05, 3.63) is 52.2 Å². The predicted molar refractivity (Wildman–Crippen MR) is 126 cm³/mol. The number of amides is 2. The molecule has 1 aromatic carbocycles. The van der Waals surface area contributed by atoms with E-state index >= 15 is 0 Å². The first-order chi connectivity index (χ1) is 15.4. The summed E-state index contributed by atoms with van der Waals surface area (Å²) in [4.78, 5) is 29.1. The third-order valence-electron chi connectivity index (χ3n) is 5.60. The van der Waals surface area contributed by atoms with Crippen LogP contribution in [0.15, 0.2) is 46.0 Å². The van der Waals surface area contributed by atoms with Crippen LogP contribution in [0, 0.1) is 0 Å². The zero-order valence-corrected chi connectivity index (χ0v) is 20.1. The molecule has 1 aromatic heterocycles. The summed E-state index contributed by atoms with van der Waals surface area (Å²) in [5, 5.41) is 6.66. The number of nitrogens with one attached hydrogen (secondary N) is 1. The topological polar surface area (TPSA) is 90.0 Å². The Labute approximate surface area is 193 Å². The van der Waals surface area contributed by atoms with Crippen molar-refractivity contribution in [2.24, 2.45) is 0 Å². The molecule has 1 saturated heterocycles. The van der Waals surface area contributed by atoms with E-state index in [2.05, 4.69) is 10.2 Å². The second-order valence-corrected chi connectivity index (χ2v) is 10.2. The van der Waals surface area contributed by atoms with E-state index in [0.717, 1.165) is 18.7 Å². The zero-order chi connectivity index (χ0) is 23.1. The Hall–Kier alpha value is -2.27. The summed E-state index contributed by atoms with van der Waals surface area (Å²) >= 11 is 1.52. The van der Waals surface area contributed by atoms with E-state index in [0.29, 0.717) is 44.8 Å². The number of piperazine rings is 1. The maximum Gasteiger partial charge on any atom is 0.254 e. The minimum Gasteiger partial charge on any atom is -0.351 e. The van der Waals surface area contributed by atoms with E-state index in [9.17, 15) is 18.0 Å². The number of rotatable bonds is 9. The lowest BCUT2D eigenvalue weighted by molar-refractivity contribution is 0.0638. The molecule has 0 bridgehead atoms. The predicted octanol–water partition coefficient (Wildman–Crippen LogP) is 1.97. The van der Waals surface area contributed by atoms with Crippen LogP contribution in [-0.4, -0.2) is 86.7 Å². The van der Waals surface area contributed by atoms with Crippen molar-refractivity contribution in [3.63, 3.8) is 0 Å². The van der Waals surface area contributed by atoms with Gasteiger partial charge in [0.2, 0.25) is 10.0 Å². The van der Waals surface area contributed by atoms with E-state index < -0.39 is 10.0 Å². The first-order valence-electron chi connectivity index (χ1n) is 10.8. The maximum atomic E-state index is 12.6. The highest BCUT2D eigenvalue weighted by molar-refractivity contribution is 7.89. The fourth-order valence-corrected chi connectivity index (χ4v) is 5.75. The van der Waals surface area contributed by atoms with Crippen LogP contribution in [0.5, 0.6) is 0 Å². The lowest BCUT2D eigenvalue weighted by atomic mass is 10.2. The highest BCUT2D eigenvalue weighted by atomic mass is 32.2. The molecular weight excluding hydrogens is 448 g/mol. The third kappa shape index (κ3) is 5.74. The Morgan fingerprint density at radius 1 is 1.00 bits per heavy atom. The summed E-state index contributed by atoms with van der Waals surface area (Å²) in [6.07, 6.45) is 0. The molecule has 8 nitrogen and oxygen atoms in total. The molecule has 0 radical (unpaired) electrons. The molecule has 10 heteroatoms. The fourth-order valence-electron chi connectivity index (χ4n) is 3.66. The van der Waals surface area contributed by atoms with Crippen molar-refractivity contribution in [1.82, 2.24) is 19.4 Å². The SMILES string of the molecule is CCN(CC)S(=O)(=O)c1ccc(C(=O)NCCN2CCN(C(=O)c3ccsc3)CC2)cc1. The largest absolute Gasteiger partial charge is 0.351 e. The van der Waals surface area contributed by atoms with Gasteiger partial charge in [-0.15, -0.1) is 0 Å². The molecule has 0 unspecified atom stereocenters. The molecule has 0 saturated carbocycles. The van der Waals surface area contributed by atoms with Crippen LogP contribution in [-0.2, 0) is 10.0 Å². The summed E-state index contributed by atoms with van der Waals surface area (Å²) in [6.45, 7) is 8.45. The monoisotopic (exact) mass is 478 g/mol. The summed E-state index contributed by atoms with van der Waals surface area (Å²) in [7, 11) is -3.53. The molecule has 2 heterocycles. The van der Waals surface area contributed by atoms with Gasteiger partial charge in [-0.1, -0.05) is 13.8 Å². The van der Waals surface area contributed by atoms with Crippen molar-refractivity contribution in [2.45, 2.75) is 18.7 Å². The molecule has 2 aromatic rings. The highest BCUT2D eigenvalue weighted by Crippen LogP contribution is 2.16. The molecule has 0 aliphatic carbocycles. The highest BCUT2D eigenvalue weighted by Gasteiger charge is 2.23. The lowest BCUT2D eigenvalue weighted by Gasteiger charge is -2.34. The number of sulfonamides is 1. The molecule has 1 aliphatic heterocycles.